The number of aliphatic imine (C=N–C) groups is 2. The van der Waals surface area contributed by atoms with Gasteiger partial charge < -0.3 is 10.1 Å². The average Bonchev–Trinajstić information content (AvgIpc) is 2.80. The van der Waals surface area contributed by atoms with Crippen molar-refractivity contribution in [3.05, 3.63) is 59.6 Å². The monoisotopic (exact) mass is 474 g/mol. The highest BCUT2D eigenvalue weighted by molar-refractivity contribution is 6.14. The lowest BCUT2D eigenvalue weighted by Crippen LogP contribution is -2.29. The number of halogens is 3. The van der Waals surface area contributed by atoms with Gasteiger partial charge in [0.25, 0.3) is 0 Å². The Morgan fingerprint density at radius 3 is 2.85 bits per heavy atom. The van der Waals surface area contributed by atoms with Crippen molar-refractivity contribution in [2.24, 2.45) is 15.9 Å². The highest BCUT2D eigenvalue weighted by Gasteiger charge is 2.29. The largest absolute Gasteiger partial charge is 0.468 e. The molecular weight excluding hydrogens is 445 g/mol. The maximum absolute atomic E-state index is 13.0. The minimum absolute atomic E-state index is 0.0179. The number of carbonyl (C=O) groups excluding carboxylic acids is 1. The zero-order valence-corrected chi connectivity index (χ0v) is 19.3. The lowest BCUT2D eigenvalue weighted by molar-refractivity contribution is -0.154. The van der Waals surface area contributed by atoms with Gasteiger partial charge in [0.15, 0.2) is 6.61 Å². The van der Waals surface area contributed by atoms with Gasteiger partial charge in [-0.2, -0.15) is 13.2 Å². The number of dihydropyridines is 1. The molecule has 34 heavy (non-hydrogen) atoms. The number of pyridine rings is 1. The Morgan fingerprint density at radius 1 is 1.35 bits per heavy atom. The van der Waals surface area contributed by atoms with Crippen LogP contribution in [-0.4, -0.2) is 41.5 Å². The van der Waals surface area contributed by atoms with Crippen LogP contribution in [0.2, 0.25) is 0 Å². The molecule has 2 aliphatic rings. The van der Waals surface area contributed by atoms with Crippen molar-refractivity contribution in [2.45, 2.75) is 58.3 Å². The minimum Gasteiger partial charge on any atom is -0.468 e. The van der Waals surface area contributed by atoms with Crippen LogP contribution in [0, 0.1) is 12.8 Å². The summed E-state index contributed by atoms with van der Waals surface area (Å²) in [6, 6.07) is 1.72. The molecule has 2 atom stereocenters. The molecular formula is C25H29F3N4O2. The Hall–Kier alpha value is -3.23. The third-order valence-corrected chi connectivity index (χ3v) is 5.52. The normalized spacial score (nSPS) is 19.7. The minimum atomic E-state index is -4.41. The third-order valence-electron chi connectivity index (χ3n) is 5.52. The lowest BCUT2D eigenvalue weighted by atomic mass is 9.85. The predicted molar refractivity (Wildman–Crippen MR) is 126 cm³/mol. The Balaban J connectivity index is 1.62. The summed E-state index contributed by atoms with van der Waals surface area (Å²) < 4.78 is 41.8. The molecule has 1 aromatic rings. The second kappa shape index (κ2) is 11.8. The van der Waals surface area contributed by atoms with Crippen LogP contribution in [0.15, 0.2) is 58.4 Å². The topological polar surface area (TPSA) is 75.9 Å². The Bertz CT molecular complexity index is 1030. The van der Waals surface area contributed by atoms with Crippen molar-refractivity contribution in [3.8, 4) is 5.88 Å². The molecule has 1 N–H and O–H groups in total. The molecule has 182 valence electrons. The first-order valence-electron chi connectivity index (χ1n) is 11.3. The van der Waals surface area contributed by atoms with Crippen molar-refractivity contribution in [1.82, 2.24) is 10.3 Å². The van der Waals surface area contributed by atoms with Gasteiger partial charge in [-0.15, -0.1) is 0 Å². The van der Waals surface area contributed by atoms with Crippen molar-refractivity contribution in [2.75, 3.05) is 6.61 Å². The Labute approximate surface area is 197 Å². The summed E-state index contributed by atoms with van der Waals surface area (Å²) in [6.45, 7) is 2.68. The number of ether oxygens (including phenoxy) is 1. The van der Waals surface area contributed by atoms with Crippen molar-refractivity contribution in [1.29, 1.82) is 0 Å². The lowest BCUT2D eigenvalue weighted by Gasteiger charge is -2.22. The van der Waals surface area contributed by atoms with E-state index in [4.69, 9.17) is 4.74 Å². The zero-order valence-electron chi connectivity index (χ0n) is 19.3. The maximum atomic E-state index is 13.0. The molecule has 2 aliphatic heterocycles. The summed E-state index contributed by atoms with van der Waals surface area (Å²) in [7, 11) is 0. The number of hydrogen-bond donors (Lipinski definition) is 1. The van der Waals surface area contributed by atoms with Crippen LogP contribution in [0.4, 0.5) is 13.2 Å². The molecule has 0 aromatic carbocycles. The number of nitrogens with one attached hydrogen (secondary N) is 1. The van der Waals surface area contributed by atoms with Gasteiger partial charge in [0.2, 0.25) is 5.88 Å². The van der Waals surface area contributed by atoms with E-state index in [-0.39, 0.29) is 23.6 Å². The molecule has 1 aromatic heterocycles. The Kier molecular flexibility index (Phi) is 8.79. The molecule has 0 spiro atoms. The summed E-state index contributed by atoms with van der Waals surface area (Å²) in [5, 5.41) is 3.22. The van der Waals surface area contributed by atoms with Crippen molar-refractivity contribution >= 4 is 17.7 Å². The van der Waals surface area contributed by atoms with E-state index in [0.717, 1.165) is 23.3 Å². The van der Waals surface area contributed by atoms with Gasteiger partial charge in [0.1, 0.15) is 5.78 Å². The molecule has 6 nitrogen and oxygen atoms in total. The molecule has 3 heterocycles. The van der Waals surface area contributed by atoms with E-state index >= 15 is 0 Å². The molecule has 0 fully saturated rings. The summed E-state index contributed by atoms with van der Waals surface area (Å²) in [5.41, 5.74) is 3.02. The first-order valence-corrected chi connectivity index (χ1v) is 11.3. The van der Waals surface area contributed by atoms with E-state index in [0.29, 0.717) is 31.4 Å². The second-order valence-electron chi connectivity index (χ2n) is 8.27. The SMILES string of the molecule is CCC(C(=O)CC1CC=CC=N1)C1=NC=CC/C1=C\NCc1cnc(OCC(F)(F)F)c(C)c1. The summed E-state index contributed by atoms with van der Waals surface area (Å²) in [6.07, 6.45) is 10.7. The molecule has 0 aliphatic carbocycles. The number of allylic oxidation sites excluding steroid dienone is 3. The number of hydrogen-bond acceptors (Lipinski definition) is 6. The fourth-order valence-electron chi connectivity index (χ4n) is 3.87. The van der Waals surface area contributed by atoms with Crippen LogP contribution in [-0.2, 0) is 11.3 Å². The number of nitrogens with zero attached hydrogens (tertiary/aromatic N) is 3. The number of rotatable bonds is 10. The summed E-state index contributed by atoms with van der Waals surface area (Å²) >= 11 is 0. The van der Waals surface area contributed by atoms with E-state index in [9.17, 15) is 18.0 Å². The molecule has 0 saturated heterocycles. The van der Waals surface area contributed by atoms with Crippen LogP contribution >= 0.6 is 0 Å². The number of carbonyl (C=O) groups is 1. The standard InChI is InChI=1S/C25H29F3N4O2/c1-3-21(22(33)12-20-8-4-5-9-30-20)23-19(7-6-10-31-23)15-29-13-18-11-17(2)24(32-14-18)34-16-25(26,27)28/h4-6,9-11,14-15,20-21,29H,3,7-8,12-13,16H2,1-2H3/b19-15+. The highest BCUT2D eigenvalue weighted by Crippen LogP contribution is 2.24. The number of ketones is 1. The molecule has 0 bridgehead atoms. The second-order valence-corrected chi connectivity index (χ2v) is 8.27. The van der Waals surface area contributed by atoms with Gasteiger partial charge in [-0.25, -0.2) is 4.98 Å². The highest BCUT2D eigenvalue weighted by atomic mass is 19.4. The van der Waals surface area contributed by atoms with Gasteiger partial charge in [-0.1, -0.05) is 19.1 Å². The summed E-state index contributed by atoms with van der Waals surface area (Å²) in [4.78, 5) is 25.9. The molecule has 9 heteroatoms. The fraction of sp³-hybridized carbons (Fsp3) is 0.440. The number of alkyl halides is 3. The quantitative estimate of drug-likeness (QED) is 0.515. The fourth-order valence-corrected chi connectivity index (χ4v) is 3.87. The maximum Gasteiger partial charge on any atom is 0.422 e. The van der Waals surface area contributed by atoms with Crippen LogP contribution < -0.4 is 10.1 Å². The zero-order chi connectivity index (χ0) is 24.6. The molecule has 0 saturated carbocycles. The average molecular weight is 475 g/mol. The van der Waals surface area contributed by atoms with Gasteiger partial charge in [0, 0.05) is 43.3 Å². The van der Waals surface area contributed by atoms with Crippen LogP contribution in [0.5, 0.6) is 5.88 Å². The van der Waals surface area contributed by atoms with E-state index < -0.39 is 12.8 Å². The van der Waals surface area contributed by atoms with Gasteiger partial charge in [0.05, 0.1) is 17.7 Å². The molecule has 0 amide bonds. The smallest absolute Gasteiger partial charge is 0.422 e. The number of aryl methyl sites for hydroxylation is 1. The van der Waals surface area contributed by atoms with Crippen LogP contribution in [0.3, 0.4) is 0 Å². The summed E-state index contributed by atoms with van der Waals surface area (Å²) in [5.74, 6) is -0.199. The first-order chi connectivity index (χ1) is 16.3. The van der Waals surface area contributed by atoms with E-state index in [1.165, 1.54) is 6.20 Å². The van der Waals surface area contributed by atoms with E-state index in [1.54, 1.807) is 25.4 Å². The number of Topliss-reactive ketones (excluding diaryl/α,β-unsaturated/α-hetero) is 1. The van der Waals surface area contributed by atoms with E-state index in [1.807, 2.05) is 31.4 Å². The molecule has 2 unspecified atom stereocenters. The van der Waals surface area contributed by atoms with Crippen LogP contribution in [0.1, 0.15) is 43.7 Å². The van der Waals surface area contributed by atoms with Crippen molar-refractivity contribution < 1.29 is 22.7 Å². The molecule has 3 rings (SSSR count). The predicted octanol–water partition coefficient (Wildman–Crippen LogP) is 5.05. The van der Waals surface area contributed by atoms with Gasteiger partial charge in [-0.3, -0.25) is 14.8 Å². The first kappa shape index (κ1) is 25.4. The van der Waals surface area contributed by atoms with Crippen molar-refractivity contribution in [3.63, 3.8) is 0 Å². The number of aromatic nitrogens is 1. The van der Waals surface area contributed by atoms with Crippen LogP contribution in [0.25, 0.3) is 0 Å². The van der Waals surface area contributed by atoms with E-state index in [2.05, 4.69) is 20.3 Å². The Morgan fingerprint density at radius 2 is 2.18 bits per heavy atom. The third kappa shape index (κ3) is 7.40. The molecule has 0 radical (unpaired) electrons. The van der Waals surface area contributed by atoms with Gasteiger partial charge >= 0.3 is 6.18 Å². The van der Waals surface area contributed by atoms with Gasteiger partial charge in [-0.05, 0) is 49.5 Å².